The van der Waals surface area contributed by atoms with Crippen molar-refractivity contribution in [1.29, 1.82) is 0 Å². The first-order valence-corrected chi connectivity index (χ1v) is 12.4. The minimum absolute atomic E-state index is 0.103. The van der Waals surface area contributed by atoms with Crippen molar-refractivity contribution in [2.75, 3.05) is 29.9 Å². The van der Waals surface area contributed by atoms with Gasteiger partial charge in [-0.2, -0.15) is 4.31 Å². The van der Waals surface area contributed by atoms with Crippen LogP contribution >= 0.6 is 0 Å². The SMILES string of the molecule is Cc1cccnc1NC(=O)[C@@H]1CC(=O)N(c2ccc(S(=O)(=O)N3CCCCCC3)cc2)C1. The average Bonchev–Trinajstić information content (AvgIpc) is 2.98. The third-order valence-electron chi connectivity index (χ3n) is 6.10. The molecule has 4 rings (SSSR count). The van der Waals surface area contributed by atoms with Gasteiger partial charge in [-0.25, -0.2) is 13.4 Å². The van der Waals surface area contributed by atoms with Gasteiger partial charge >= 0.3 is 0 Å². The highest BCUT2D eigenvalue weighted by molar-refractivity contribution is 7.89. The van der Waals surface area contributed by atoms with E-state index in [2.05, 4.69) is 10.3 Å². The van der Waals surface area contributed by atoms with Crippen molar-refractivity contribution in [3.05, 3.63) is 48.2 Å². The first kappa shape index (κ1) is 22.4. The monoisotopic (exact) mass is 456 g/mol. The molecule has 2 aromatic rings. The summed E-state index contributed by atoms with van der Waals surface area (Å²) >= 11 is 0. The first-order valence-electron chi connectivity index (χ1n) is 11.0. The molecule has 2 aliphatic rings. The van der Waals surface area contributed by atoms with Crippen LogP contribution in [0.15, 0.2) is 47.5 Å². The number of nitrogens with zero attached hydrogens (tertiary/aromatic N) is 3. The maximum absolute atomic E-state index is 13.0. The summed E-state index contributed by atoms with van der Waals surface area (Å²) in [4.78, 5) is 31.2. The summed E-state index contributed by atoms with van der Waals surface area (Å²) < 4.78 is 27.5. The molecule has 2 amide bonds. The van der Waals surface area contributed by atoms with Gasteiger partial charge in [-0.05, 0) is 55.7 Å². The Morgan fingerprint density at radius 1 is 1.06 bits per heavy atom. The van der Waals surface area contributed by atoms with Crippen LogP contribution in [0.4, 0.5) is 11.5 Å². The van der Waals surface area contributed by atoms with Crippen LogP contribution in [0.25, 0.3) is 0 Å². The molecule has 3 heterocycles. The summed E-state index contributed by atoms with van der Waals surface area (Å²) in [7, 11) is -3.54. The maximum Gasteiger partial charge on any atom is 0.243 e. The number of aromatic nitrogens is 1. The molecule has 1 aromatic carbocycles. The minimum atomic E-state index is -3.54. The number of benzene rings is 1. The maximum atomic E-state index is 13.0. The first-order chi connectivity index (χ1) is 15.4. The second-order valence-electron chi connectivity index (χ2n) is 8.38. The second-order valence-corrected chi connectivity index (χ2v) is 10.3. The van der Waals surface area contributed by atoms with Gasteiger partial charge < -0.3 is 10.2 Å². The van der Waals surface area contributed by atoms with E-state index in [9.17, 15) is 18.0 Å². The van der Waals surface area contributed by atoms with Crippen molar-refractivity contribution in [2.45, 2.75) is 43.9 Å². The Morgan fingerprint density at radius 2 is 1.75 bits per heavy atom. The number of anilines is 2. The number of sulfonamides is 1. The highest BCUT2D eigenvalue weighted by Crippen LogP contribution is 2.28. The van der Waals surface area contributed by atoms with Gasteiger partial charge in [-0.3, -0.25) is 9.59 Å². The zero-order valence-corrected chi connectivity index (χ0v) is 19.0. The largest absolute Gasteiger partial charge is 0.312 e. The molecule has 2 saturated heterocycles. The van der Waals surface area contributed by atoms with Crippen molar-refractivity contribution in [3.63, 3.8) is 0 Å². The molecule has 1 N–H and O–H groups in total. The van der Waals surface area contributed by atoms with E-state index in [0.29, 0.717) is 24.6 Å². The fraction of sp³-hybridized carbons (Fsp3) is 0.435. The number of amides is 2. The van der Waals surface area contributed by atoms with Crippen LogP contribution in [0.5, 0.6) is 0 Å². The fourth-order valence-electron chi connectivity index (χ4n) is 4.20. The number of carbonyl (C=O) groups is 2. The van der Waals surface area contributed by atoms with Crippen LogP contribution < -0.4 is 10.2 Å². The molecular formula is C23H28N4O4S. The van der Waals surface area contributed by atoms with Gasteiger partial charge in [0.05, 0.1) is 10.8 Å². The summed E-state index contributed by atoms with van der Waals surface area (Å²) in [5, 5.41) is 2.80. The van der Waals surface area contributed by atoms with Crippen molar-refractivity contribution >= 4 is 33.3 Å². The van der Waals surface area contributed by atoms with Crippen LogP contribution in [0.3, 0.4) is 0 Å². The highest BCUT2D eigenvalue weighted by Gasteiger charge is 2.35. The lowest BCUT2D eigenvalue weighted by Gasteiger charge is -2.21. The van der Waals surface area contributed by atoms with E-state index in [1.165, 1.54) is 4.90 Å². The van der Waals surface area contributed by atoms with Gasteiger partial charge in [-0.15, -0.1) is 0 Å². The summed E-state index contributed by atoms with van der Waals surface area (Å²) in [6.07, 6.45) is 5.57. The number of carbonyl (C=O) groups excluding carboxylic acids is 2. The lowest BCUT2D eigenvalue weighted by Crippen LogP contribution is -2.32. The number of rotatable bonds is 5. The van der Waals surface area contributed by atoms with E-state index < -0.39 is 15.9 Å². The molecule has 1 atom stereocenters. The summed E-state index contributed by atoms with van der Waals surface area (Å²) in [6, 6.07) is 10.0. The predicted molar refractivity (Wildman–Crippen MR) is 122 cm³/mol. The van der Waals surface area contributed by atoms with Crippen LogP contribution in [0.2, 0.25) is 0 Å². The summed E-state index contributed by atoms with van der Waals surface area (Å²) in [5.74, 6) is -0.412. The van der Waals surface area contributed by atoms with E-state index in [1.807, 2.05) is 13.0 Å². The Morgan fingerprint density at radius 3 is 2.41 bits per heavy atom. The Hall–Kier alpha value is -2.78. The number of aryl methyl sites for hydroxylation is 1. The van der Waals surface area contributed by atoms with Crippen LogP contribution in [0.1, 0.15) is 37.7 Å². The summed E-state index contributed by atoms with van der Waals surface area (Å²) in [5.41, 5.74) is 1.44. The van der Waals surface area contributed by atoms with E-state index in [4.69, 9.17) is 0 Å². The predicted octanol–water partition coefficient (Wildman–Crippen LogP) is 2.95. The molecule has 1 aromatic heterocycles. The van der Waals surface area contributed by atoms with Crippen molar-refractivity contribution < 1.29 is 18.0 Å². The standard InChI is InChI=1S/C23H28N4O4S/c1-17-7-6-12-24-22(17)25-23(29)18-15-21(28)27(16-18)19-8-10-20(11-9-19)32(30,31)26-13-4-2-3-5-14-26/h6-12,18H,2-5,13-16H2,1H3,(H,24,25,29)/t18-/m1/s1. The zero-order chi connectivity index (χ0) is 22.7. The molecule has 8 nitrogen and oxygen atoms in total. The van der Waals surface area contributed by atoms with Gasteiger partial charge in [0.15, 0.2) is 0 Å². The smallest absolute Gasteiger partial charge is 0.243 e. The molecule has 170 valence electrons. The molecule has 2 aliphatic heterocycles. The van der Waals surface area contributed by atoms with Gasteiger partial charge in [-0.1, -0.05) is 18.9 Å². The minimum Gasteiger partial charge on any atom is -0.312 e. The third kappa shape index (κ3) is 4.68. The molecule has 0 saturated carbocycles. The Kier molecular flexibility index (Phi) is 6.57. The average molecular weight is 457 g/mol. The van der Waals surface area contributed by atoms with E-state index in [1.54, 1.807) is 40.8 Å². The summed E-state index contributed by atoms with van der Waals surface area (Å²) in [6.45, 7) is 3.19. The second kappa shape index (κ2) is 9.38. The van der Waals surface area contributed by atoms with E-state index in [0.717, 1.165) is 31.2 Å². The fourth-order valence-corrected chi connectivity index (χ4v) is 5.71. The lowest BCUT2D eigenvalue weighted by molar-refractivity contribution is -0.122. The highest BCUT2D eigenvalue weighted by atomic mass is 32.2. The molecule has 0 unspecified atom stereocenters. The van der Waals surface area contributed by atoms with E-state index >= 15 is 0 Å². The molecule has 0 spiro atoms. The molecule has 32 heavy (non-hydrogen) atoms. The van der Waals surface area contributed by atoms with Crippen LogP contribution in [-0.2, 0) is 19.6 Å². The van der Waals surface area contributed by atoms with Crippen molar-refractivity contribution in [2.24, 2.45) is 5.92 Å². The van der Waals surface area contributed by atoms with Gasteiger partial charge in [0, 0.05) is 37.9 Å². The van der Waals surface area contributed by atoms with Gasteiger partial charge in [0.2, 0.25) is 21.8 Å². The van der Waals surface area contributed by atoms with Crippen LogP contribution in [-0.4, -0.2) is 49.2 Å². The molecule has 9 heteroatoms. The Bertz CT molecular complexity index is 1090. The Balaban J connectivity index is 1.44. The van der Waals surface area contributed by atoms with Gasteiger partial charge in [0.1, 0.15) is 5.82 Å². The third-order valence-corrected chi connectivity index (χ3v) is 8.01. The van der Waals surface area contributed by atoms with Crippen LogP contribution in [0, 0.1) is 12.8 Å². The van der Waals surface area contributed by atoms with Crippen molar-refractivity contribution in [3.8, 4) is 0 Å². The lowest BCUT2D eigenvalue weighted by atomic mass is 10.1. The van der Waals surface area contributed by atoms with Crippen molar-refractivity contribution in [1.82, 2.24) is 9.29 Å². The molecular weight excluding hydrogens is 428 g/mol. The number of hydrogen-bond donors (Lipinski definition) is 1. The molecule has 0 bridgehead atoms. The Labute approximate surface area is 188 Å². The molecule has 2 fully saturated rings. The number of pyridine rings is 1. The van der Waals surface area contributed by atoms with Gasteiger partial charge in [0.25, 0.3) is 0 Å². The molecule has 0 radical (unpaired) electrons. The number of hydrogen-bond acceptors (Lipinski definition) is 5. The normalized spacial score (nSPS) is 20.2. The number of nitrogens with one attached hydrogen (secondary N) is 1. The quantitative estimate of drug-likeness (QED) is 0.746. The van der Waals surface area contributed by atoms with E-state index in [-0.39, 0.29) is 29.7 Å². The topological polar surface area (TPSA) is 99.7 Å². The zero-order valence-electron chi connectivity index (χ0n) is 18.2. The molecule has 0 aliphatic carbocycles.